The minimum Gasteiger partial charge on any atom is -0.468 e. The number of furan rings is 1. The fourth-order valence-electron chi connectivity index (χ4n) is 3.31. The number of rotatable bonds is 6. The Morgan fingerprint density at radius 2 is 1.96 bits per heavy atom. The number of nitrogens with one attached hydrogen (secondary N) is 1. The van der Waals surface area contributed by atoms with Gasteiger partial charge in [-0.3, -0.25) is 0 Å². The van der Waals surface area contributed by atoms with Crippen molar-refractivity contribution in [2.45, 2.75) is 37.6 Å². The van der Waals surface area contributed by atoms with Gasteiger partial charge in [0, 0.05) is 12.0 Å². The molecule has 0 unspecified atom stereocenters. The zero-order valence-corrected chi connectivity index (χ0v) is 14.7. The Morgan fingerprint density at radius 3 is 2.67 bits per heavy atom. The summed E-state index contributed by atoms with van der Waals surface area (Å²) in [5.41, 5.74) is -0.403. The van der Waals surface area contributed by atoms with Crippen LogP contribution in [0.15, 0.2) is 69.0 Å². The summed E-state index contributed by atoms with van der Waals surface area (Å²) in [5.74, 6) is 0.853. The zero-order chi connectivity index (χ0) is 17.0. The van der Waals surface area contributed by atoms with E-state index in [9.17, 15) is 8.42 Å². The van der Waals surface area contributed by atoms with Crippen molar-refractivity contribution in [2.75, 3.05) is 6.54 Å². The molecule has 128 valence electrons. The first-order valence-electron chi connectivity index (χ1n) is 8.26. The van der Waals surface area contributed by atoms with Gasteiger partial charge in [-0.05, 0) is 43.5 Å². The van der Waals surface area contributed by atoms with Gasteiger partial charge in [0.15, 0.2) is 0 Å². The molecular formula is C19H23NO3S. The normalized spacial score (nSPS) is 21.5. The van der Waals surface area contributed by atoms with Gasteiger partial charge in [0.05, 0.1) is 22.6 Å². The Kier molecular flexibility index (Phi) is 4.92. The van der Waals surface area contributed by atoms with Crippen molar-refractivity contribution in [3.63, 3.8) is 0 Å². The van der Waals surface area contributed by atoms with Crippen molar-refractivity contribution in [1.29, 1.82) is 0 Å². The summed E-state index contributed by atoms with van der Waals surface area (Å²) in [4.78, 5) is 0.912. The molecule has 1 heterocycles. The van der Waals surface area contributed by atoms with E-state index >= 15 is 0 Å². The fourth-order valence-corrected chi connectivity index (χ4v) is 5.24. The van der Waals surface area contributed by atoms with E-state index < -0.39 is 15.3 Å². The summed E-state index contributed by atoms with van der Waals surface area (Å²) in [5, 5.41) is 3.35. The summed E-state index contributed by atoms with van der Waals surface area (Å²) >= 11 is 0. The lowest BCUT2D eigenvalue weighted by Crippen LogP contribution is -2.37. The second kappa shape index (κ2) is 6.95. The van der Waals surface area contributed by atoms with Gasteiger partial charge < -0.3 is 9.73 Å². The van der Waals surface area contributed by atoms with Crippen LogP contribution in [0.1, 0.15) is 31.9 Å². The van der Waals surface area contributed by atoms with Gasteiger partial charge in [0.25, 0.3) is 0 Å². The molecule has 1 N–H and O–H groups in total. The van der Waals surface area contributed by atoms with Gasteiger partial charge in [-0.15, -0.1) is 0 Å². The van der Waals surface area contributed by atoms with Crippen LogP contribution in [0.4, 0.5) is 0 Å². The molecule has 1 atom stereocenters. The largest absolute Gasteiger partial charge is 0.468 e. The third-order valence-electron chi connectivity index (χ3n) is 4.59. The highest BCUT2D eigenvalue weighted by Gasteiger charge is 2.38. The molecule has 0 bridgehead atoms. The van der Waals surface area contributed by atoms with Gasteiger partial charge >= 0.3 is 0 Å². The quantitative estimate of drug-likeness (QED) is 0.862. The Labute approximate surface area is 143 Å². The zero-order valence-electron chi connectivity index (χ0n) is 13.9. The average molecular weight is 345 g/mol. The molecular weight excluding hydrogens is 322 g/mol. The van der Waals surface area contributed by atoms with Crippen molar-refractivity contribution in [1.82, 2.24) is 5.32 Å². The molecule has 24 heavy (non-hydrogen) atoms. The number of sulfone groups is 1. The van der Waals surface area contributed by atoms with Crippen LogP contribution < -0.4 is 5.32 Å². The molecule has 3 rings (SSSR count). The maximum absolute atomic E-state index is 13.1. The fraction of sp³-hybridized carbons (Fsp3) is 0.368. The minimum absolute atomic E-state index is 0.371. The Bertz CT molecular complexity index is 794. The van der Waals surface area contributed by atoms with Crippen LogP contribution in [0.5, 0.6) is 0 Å². The van der Waals surface area contributed by atoms with E-state index in [-0.39, 0.29) is 0 Å². The molecule has 4 nitrogen and oxygen atoms in total. The molecule has 1 aromatic heterocycles. The first-order valence-corrected chi connectivity index (χ1v) is 9.75. The summed E-state index contributed by atoms with van der Waals surface area (Å²) in [6, 6.07) is 12.5. The average Bonchev–Trinajstić information content (AvgIpc) is 3.09. The lowest BCUT2D eigenvalue weighted by molar-refractivity contribution is 0.324. The molecule has 0 spiro atoms. The maximum Gasteiger partial charge on any atom is 0.203 e. The van der Waals surface area contributed by atoms with Crippen molar-refractivity contribution in [3.05, 3.63) is 65.5 Å². The molecule has 0 radical (unpaired) electrons. The van der Waals surface area contributed by atoms with Crippen LogP contribution in [0.25, 0.3) is 0 Å². The molecule has 0 fully saturated rings. The van der Waals surface area contributed by atoms with Gasteiger partial charge in [-0.2, -0.15) is 0 Å². The molecule has 1 aliphatic carbocycles. The second-order valence-electron chi connectivity index (χ2n) is 6.52. The van der Waals surface area contributed by atoms with Crippen LogP contribution in [0.3, 0.4) is 0 Å². The lowest BCUT2D eigenvalue weighted by Gasteiger charge is -2.35. The van der Waals surface area contributed by atoms with Gasteiger partial charge in [0.2, 0.25) is 9.84 Å². The topological polar surface area (TPSA) is 59.3 Å². The molecule has 5 heteroatoms. The van der Waals surface area contributed by atoms with E-state index in [1.165, 1.54) is 0 Å². The van der Waals surface area contributed by atoms with Gasteiger partial charge in [-0.25, -0.2) is 8.42 Å². The maximum atomic E-state index is 13.1. The third kappa shape index (κ3) is 3.47. The molecule has 0 saturated heterocycles. The van der Waals surface area contributed by atoms with E-state index in [2.05, 4.69) is 5.32 Å². The molecule has 0 aliphatic heterocycles. The second-order valence-corrected chi connectivity index (χ2v) is 8.44. The number of hydrogen-bond acceptors (Lipinski definition) is 4. The molecule has 0 amide bonds. The van der Waals surface area contributed by atoms with Crippen molar-refractivity contribution in [3.8, 4) is 0 Å². The first-order chi connectivity index (χ1) is 11.5. The SMILES string of the molecule is C[C@@]1(CNCc2ccco2)CCCC=C1S(=O)(=O)c1ccccc1. The molecule has 2 aromatic rings. The van der Waals surface area contributed by atoms with Crippen LogP contribution in [0, 0.1) is 5.41 Å². The van der Waals surface area contributed by atoms with Crippen LogP contribution in [-0.4, -0.2) is 15.0 Å². The summed E-state index contributed by atoms with van der Waals surface area (Å²) in [6.45, 7) is 3.24. The lowest BCUT2D eigenvalue weighted by atomic mass is 9.80. The van der Waals surface area contributed by atoms with E-state index in [0.717, 1.165) is 25.0 Å². The number of hydrogen-bond donors (Lipinski definition) is 1. The first kappa shape index (κ1) is 17.0. The van der Waals surface area contributed by atoms with E-state index in [1.54, 1.807) is 30.5 Å². The molecule has 1 aliphatic rings. The third-order valence-corrected chi connectivity index (χ3v) is 6.73. The number of benzene rings is 1. The van der Waals surface area contributed by atoms with Crippen LogP contribution in [0.2, 0.25) is 0 Å². The van der Waals surface area contributed by atoms with Crippen LogP contribution in [-0.2, 0) is 16.4 Å². The predicted octanol–water partition coefficient (Wildman–Crippen LogP) is 3.92. The van der Waals surface area contributed by atoms with Crippen LogP contribution >= 0.6 is 0 Å². The summed E-state index contributed by atoms with van der Waals surface area (Å²) in [6.07, 6.45) is 6.23. The smallest absolute Gasteiger partial charge is 0.203 e. The van der Waals surface area contributed by atoms with E-state index in [0.29, 0.717) is 22.9 Å². The van der Waals surface area contributed by atoms with Crippen molar-refractivity contribution < 1.29 is 12.8 Å². The summed E-state index contributed by atoms with van der Waals surface area (Å²) < 4.78 is 31.5. The highest BCUT2D eigenvalue weighted by Crippen LogP contribution is 2.42. The number of allylic oxidation sites excluding steroid dienone is 1. The summed E-state index contributed by atoms with van der Waals surface area (Å²) in [7, 11) is -3.46. The Balaban J connectivity index is 1.81. The monoisotopic (exact) mass is 345 g/mol. The van der Waals surface area contributed by atoms with E-state index in [4.69, 9.17) is 4.42 Å². The van der Waals surface area contributed by atoms with Crippen molar-refractivity contribution >= 4 is 9.84 Å². The van der Waals surface area contributed by atoms with Crippen molar-refractivity contribution in [2.24, 2.45) is 5.41 Å². The molecule has 1 aromatic carbocycles. The van der Waals surface area contributed by atoms with Gasteiger partial charge in [0.1, 0.15) is 5.76 Å². The highest BCUT2D eigenvalue weighted by molar-refractivity contribution is 7.95. The minimum atomic E-state index is -3.46. The Morgan fingerprint density at radius 1 is 1.17 bits per heavy atom. The molecule has 0 saturated carbocycles. The Hall–Kier alpha value is -1.85. The van der Waals surface area contributed by atoms with E-state index in [1.807, 2.05) is 31.2 Å². The predicted molar refractivity (Wildman–Crippen MR) is 94.1 cm³/mol. The highest BCUT2D eigenvalue weighted by atomic mass is 32.2. The van der Waals surface area contributed by atoms with Gasteiger partial charge in [-0.1, -0.05) is 31.2 Å². The standard InChI is InChI=1S/C19H23NO3S/c1-19(15-20-14-16-8-7-13-23-16)12-6-5-11-18(19)24(21,22)17-9-3-2-4-10-17/h2-4,7-11,13,20H,5-6,12,14-15H2,1H3/t19-/m0/s1.